The monoisotopic (exact) mass is 298 g/mol. The SMILES string of the molecule is C(=C(c1ccccc1)c1ccccc1)=C1C2CC/C=C\CCC12. The third kappa shape index (κ3) is 3.09. The summed E-state index contributed by atoms with van der Waals surface area (Å²) in [5.41, 5.74) is 9.16. The summed E-state index contributed by atoms with van der Waals surface area (Å²) in [6.45, 7) is 0. The maximum absolute atomic E-state index is 3.83. The predicted molar refractivity (Wildman–Crippen MR) is 97.0 cm³/mol. The van der Waals surface area contributed by atoms with Crippen molar-refractivity contribution in [2.45, 2.75) is 25.7 Å². The summed E-state index contributed by atoms with van der Waals surface area (Å²) in [4.78, 5) is 0. The number of allylic oxidation sites excluding steroid dienone is 3. The summed E-state index contributed by atoms with van der Waals surface area (Å²) in [5, 5.41) is 0. The molecule has 2 aromatic rings. The first kappa shape index (κ1) is 14.3. The lowest BCUT2D eigenvalue weighted by Gasteiger charge is -2.05. The zero-order chi connectivity index (χ0) is 15.5. The molecule has 2 unspecified atom stereocenters. The molecule has 0 aromatic heterocycles. The number of rotatable bonds is 2. The highest BCUT2D eigenvalue weighted by molar-refractivity contribution is 5.80. The molecule has 1 fully saturated rings. The highest BCUT2D eigenvalue weighted by atomic mass is 14.5. The van der Waals surface area contributed by atoms with E-state index in [0.717, 1.165) is 11.8 Å². The molecule has 0 amide bonds. The minimum Gasteiger partial charge on any atom is -0.112 e. The van der Waals surface area contributed by atoms with Crippen LogP contribution >= 0.6 is 0 Å². The van der Waals surface area contributed by atoms with E-state index in [-0.39, 0.29) is 0 Å². The second kappa shape index (κ2) is 6.44. The van der Waals surface area contributed by atoms with Crippen molar-refractivity contribution in [3.63, 3.8) is 0 Å². The summed E-state index contributed by atoms with van der Waals surface area (Å²) < 4.78 is 0. The Balaban J connectivity index is 1.79. The molecule has 1 saturated carbocycles. The van der Waals surface area contributed by atoms with E-state index in [1.165, 1.54) is 42.4 Å². The summed E-state index contributed by atoms with van der Waals surface area (Å²) >= 11 is 0. The van der Waals surface area contributed by atoms with Crippen LogP contribution in [0.5, 0.6) is 0 Å². The van der Waals surface area contributed by atoms with Gasteiger partial charge in [0.25, 0.3) is 0 Å². The van der Waals surface area contributed by atoms with Gasteiger partial charge in [-0.05, 0) is 54.2 Å². The Morgan fingerprint density at radius 1 is 0.696 bits per heavy atom. The van der Waals surface area contributed by atoms with E-state index >= 15 is 0 Å². The molecule has 2 aliphatic carbocycles. The van der Waals surface area contributed by atoms with Gasteiger partial charge in [0, 0.05) is 5.57 Å². The van der Waals surface area contributed by atoms with Crippen LogP contribution in [0, 0.1) is 11.8 Å². The molecular formula is C23H22. The maximum atomic E-state index is 3.83. The first-order valence-corrected chi connectivity index (χ1v) is 8.70. The standard InChI is InChI=1S/C23H22/c1-2-10-16-21-20(15-9-1)23(21)17-22(18-11-5-3-6-12-18)19-13-7-4-8-14-19/h1-8,11-14,20-21H,9-10,15-16H2/b2-1-. The Kier molecular flexibility index (Phi) is 4.01. The van der Waals surface area contributed by atoms with Crippen LogP contribution in [0.1, 0.15) is 36.8 Å². The van der Waals surface area contributed by atoms with Crippen LogP contribution in [-0.4, -0.2) is 0 Å². The lowest BCUT2D eigenvalue weighted by Crippen LogP contribution is -1.85. The van der Waals surface area contributed by atoms with Crippen molar-refractivity contribution < 1.29 is 0 Å². The third-order valence-electron chi connectivity index (χ3n) is 5.03. The fourth-order valence-electron chi connectivity index (χ4n) is 3.73. The van der Waals surface area contributed by atoms with Crippen LogP contribution in [0.15, 0.2) is 84.1 Å². The van der Waals surface area contributed by atoms with E-state index in [4.69, 9.17) is 0 Å². The van der Waals surface area contributed by atoms with Gasteiger partial charge in [-0.25, -0.2) is 0 Å². The van der Waals surface area contributed by atoms with Crippen molar-refractivity contribution in [2.24, 2.45) is 11.8 Å². The molecule has 0 saturated heterocycles. The Hall–Kier alpha value is -2.30. The number of benzene rings is 2. The van der Waals surface area contributed by atoms with Crippen molar-refractivity contribution >= 4 is 5.57 Å². The largest absolute Gasteiger partial charge is 0.112 e. The van der Waals surface area contributed by atoms with Gasteiger partial charge < -0.3 is 0 Å². The van der Waals surface area contributed by atoms with Crippen LogP contribution in [0.4, 0.5) is 0 Å². The van der Waals surface area contributed by atoms with E-state index < -0.39 is 0 Å². The first-order chi connectivity index (χ1) is 11.4. The number of hydrogen-bond donors (Lipinski definition) is 0. The molecule has 2 atom stereocenters. The Bertz CT molecular complexity index is 699. The minimum absolute atomic E-state index is 0.766. The van der Waals surface area contributed by atoms with Gasteiger partial charge in [0.2, 0.25) is 0 Å². The zero-order valence-corrected chi connectivity index (χ0v) is 13.4. The Morgan fingerprint density at radius 3 is 1.65 bits per heavy atom. The first-order valence-electron chi connectivity index (χ1n) is 8.70. The normalized spacial score (nSPS) is 23.9. The lowest BCUT2D eigenvalue weighted by molar-refractivity contribution is 0.605. The van der Waals surface area contributed by atoms with Gasteiger partial charge >= 0.3 is 0 Å². The molecule has 0 heterocycles. The molecule has 0 bridgehead atoms. The van der Waals surface area contributed by atoms with E-state index in [1.54, 1.807) is 5.57 Å². The van der Waals surface area contributed by atoms with Gasteiger partial charge in [0.15, 0.2) is 0 Å². The molecule has 0 heteroatoms. The van der Waals surface area contributed by atoms with E-state index in [0.29, 0.717) is 0 Å². The summed E-state index contributed by atoms with van der Waals surface area (Å²) in [5.74, 6) is 1.53. The van der Waals surface area contributed by atoms with Crippen LogP contribution < -0.4 is 0 Å². The van der Waals surface area contributed by atoms with E-state index in [9.17, 15) is 0 Å². The van der Waals surface area contributed by atoms with Crippen LogP contribution in [0.25, 0.3) is 5.57 Å². The van der Waals surface area contributed by atoms with Gasteiger partial charge in [0.1, 0.15) is 0 Å². The number of fused-ring (bicyclic) bond motifs is 1. The average molecular weight is 298 g/mol. The van der Waals surface area contributed by atoms with Gasteiger partial charge in [-0.15, -0.1) is 5.73 Å². The molecule has 4 rings (SSSR count). The fourth-order valence-corrected chi connectivity index (χ4v) is 3.73. The topological polar surface area (TPSA) is 0 Å². The van der Waals surface area contributed by atoms with Crippen LogP contribution in [0.3, 0.4) is 0 Å². The molecule has 0 nitrogen and oxygen atoms in total. The van der Waals surface area contributed by atoms with Crippen molar-refractivity contribution in [1.29, 1.82) is 0 Å². The summed E-state index contributed by atoms with van der Waals surface area (Å²) in [6.07, 6.45) is 9.73. The Morgan fingerprint density at radius 2 is 1.17 bits per heavy atom. The predicted octanol–water partition coefficient (Wildman–Crippen LogP) is 6.02. The summed E-state index contributed by atoms with van der Waals surface area (Å²) in [6, 6.07) is 21.4. The highest BCUT2D eigenvalue weighted by Gasteiger charge is 2.42. The molecule has 0 N–H and O–H groups in total. The highest BCUT2D eigenvalue weighted by Crippen LogP contribution is 2.52. The minimum atomic E-state index is 0.766. The molecule has 23 heavy (non-hydrogen) atoms. The number of hydrogen-bond acceptors (Lipinski definition) is 0. The van der Waals surface area contributed by atoms with Crippen LogP contribution in [-0.2, 0) is 0 Å². The van der Waals surface area contributed by atoms with Crippen molar-refractivity contribution in [3.05, 3.63) is 95.2 Å². The van der Waals surface area contributed by atoms with Gasteiger partial charge in [-0.3, -0.25) is 0 Å². The van der Waals surface area contributed by atoms with Crippen molar-refractivity contribution in [2.75, 3.05) is 0 Å². The smallest absolute Gasteiger partial charge is 0.0309 e. The molecular weight excluding hydrogens is 276 g/mol. The van der Waals surface area contributed by atoms with Gasteiger partial charge in [-0.1, -0.05) is 72.8 Å². The van der Waals surface area contributed by atoms with Crippen molar-refractivity contribution in [3.8, 4) is 0 Å². The average Bonchev–Trinajstić information content (AvgIpc) is 3.23. The molecule has 2 aromatic carbocycles. The quantitative estimate of drug-likeness (QED) is 0.470. The maximum Gasteiger partial charge on any atom is 0.0309 e. The zero-order valence-electron chi connectivity index (χ0n) is 13.4. The van der Waals surface area contributed by atoms with Gasteiger partial charge in [-0.2, -0.15) is 0 Å². The van der Waals surface area contributed by atoms with E-state index in [2.05, 4.69) is 78.5 Å². The second-order valence-corrected chi connectivity index (χ2v) is 6.53. The summed E-state index contributed by atoms with van der Waals surface area (Å²) in [7, 11) is 0. The van der Waals surface area contributed by atoms with Crippen molar-refractivity contribution in [1.82, 2.24) is 0 Å². The lowest BCUT2D eigenvalue weighted by atomic mass is 9.98. The molecule has 0 radical (unpaired) electrons. The molecule has 2 aliphatic rings. The van der Waals surface area contributed by atoms with E-state index in [1.807, 2.05) is 0 Å². The fraction of sp³-hybridized carbons (Fsp3) is 0.261. The van der Waals surface area contributed by atoms with Crippen LogP contribution in [0.2, 0.25) is 0 Å². The molecule has 0 spiro atoms. The second-order valence-electron chi connectivity index (χ2n) is 6.53. The third-order valence-corrected chi connectivity index (χ3v) is 5.03. The van der Waals surface area contributed by atoms with Gasteiger partial charge in [0.05, 0.1) is 0 Å². The molecule has 114 valence electrons. The Labute approximate surface area is 138 Å². The molecule has 0 aliphatic heterocycles.